The Morgan fingerprint density at radius 1 is 0.201 bits per heavy atom. The fraction of sp³-hybridized carbons (Fsp3) is 0. The van der Waals surface area contributed by atoms with E-state index in [0.29, 0.717) is 0 Å². The van der Waals surface area contributed by atoms with Gasteiger partial charge in [0.2, 0.25) is 0 Å². The Balaban J connectivity index is 0.000000108. The number of pyridine rings is 7. The van der Waals surface area contributed by atoms with Crippen molar-refractivity contribution in [3.05, 3.63) is 516 Å². The number of benzene rings is 20. The summed E-state index contributed by atoms with van der Waals surface area (Å²) in [5.74, 6) is 0. The van der Waals surface area contributed by atoms with Crippen molar-refractivity contribution in [2.75, 3.05) is 0 Å². The number of nitrogens with zero attached hydrogens (tertiary/aromatic N) is 10. The van der Waals surface area contributed by atoms with E-state index in [1.54, 1.807) is 24.8 Å². The maximum absolute atomic E-state index is 14.8. The first kappa shape index (κ1) is 88.9. The summed E-state index contributed by atoms with van der Waals surface area (Å²) in [7, 11) is -3.10. The molecule has 30 rings (SSSR count). The molecule has 0 aliphatic heterocycles. The summed E-state index contributed by atoms with van der Waals surface area (Å²) in [6, 6.07) is 164. The van der Waals surface area contributed by atoms with Crippen molar-refractivity contribution in [2.24, 2.45) is 0 Å². The number of aromatic nitrogens is 10. The molecule has 0 aliphatic carbocycles. The molecule has 10 heterocycles. The number of hydrogen-bond donors (Lipinski definition) is 0. The van der Waals surface area contributed by atoms with Gasteiger partial charge in [0.05, 0.1) is 60.9 Å². The van der Waals surface area contributed by atoms with Crippen molar-refractivity contribution in [3.8, 4) is 44.6 Å². The van der Waals surface area contributed by atoms with Crippen LogP contribution in [0.3, 0.4) is 0 Å². The molecular weight excluding hydrogens is 1910 g/mol. The molecule has 149 heavy (non-hydrogen) atoms. The van der Waals surface area contributed by atoms with Crippen molar-refractivity contribution in [3.63, 3.8) is 0 Å². The zero-order chi connectivity index (χ0) is 99.0. The summed E-state index contributed by atoms with van der Waals surface area (Å²) >= 11 is 13.2. The second-order valence-corrected chi connectivity index (χ2v) is 49.6. The minimum Gasteiger partial charge on any atom is -0.309 e. The van der Waals surface area contributed by atoms with Gasteiger partial charge in [-0.3, -0.25) is 33.1 Å². The molecule has 20 aromatic carbocycles. The normalized spacial score (nSPS) is 12.1. The quantitative estimate of drug-likeness (QED) is 0.0627. The molecule has 11 nitrogen and oxygen atoms in total. The predicted octanol–water partition coefficient (Wildman–Crippen LogP) is 29.5. The van der Waals surface area contributed by atoms with Crippen LogP contribution in [0.15, 0.2) is 516 Å². The molecule has 0 N–H and O–H groups in total. The summed E-state index contributed by atoms with van der Waals surface area (Å²) in [6.07, 6.45) is 10.8. The molecule has 16 heteroatoms. The zero-order valence-electron chi connectivity index (χ0n) is 80.1. The monoisotopic (exact) mass is 1990 g/mol. The smallest absolute Gasteiger partial charge is 0.171 e. The third-order valence-corrected chi connectivity index (χ3v) is 42.7. The summed E-state index contributed by atoms with van der Waals surface area (Å²) < 4.78 is 21.8. The lowest BCUT2D eigenvalue weighted by atomic mass is 9.96. The van der Waals surface area contributed by atoms with E-state index in [1.165, 1.54) is 102 Å². The average Bonchev–Trinajstić information content (AvgIpc) is 1.58. The van der Waals surface area contributed by atoms with E-state index in [-0.39, 0.29) is 0 Å². The fourth-order valence-electron chi connectivity index (χ4n) is 22.5. The van der Waals surface area contributed by atoms with Crippen LogP contribution in [0.1, 0.15) is 0 Å². The molecule has 0 saturated heterocycles. The van der Waals surface area contributed by atoms with Crippen molar-refractivity contribution in [1.82, 2.24) is 48.1 Å². The first-order valence-electron chi connectivity index (χ1n) is 49.8. The van der Waals surface area contributed by atoms with Gasteiger partial charge in [-0.25, -0.2) is 15.0 Å². The Bertz CT molecular complexity index is 10700. The zero-order valence-corrected chi connectivity index (χ0v) is 84.4. The molecule has 0 bridgehead atoms. The minimum atomic E-state index is -3.10. The molecule has 0 aliphatic rings. The molecular formula is C133H85N10OP3S2. The van der Waals surface area contributed by atoms with Crippen LogP contribution < -0.4 is 47.7 Å². The minimum absolute atomic E-state index is 0.749. The van der Waals surface area contributed by atoms with Gasteiger partial charge in [-0.05, 0) is 218 Å². The second-order valence-electron chi connectivity index (χ2n) is 38.0. The van der Waals surface area contributed by atoms with Gasteiger partial charge in [-0.2, -0.15) is 0 Å². The summed E-state index contributed by atoms with van der Waals surface area (Å²) in [4.78, 5) is 34.0. The first-order valence-corrected chi connectivity index (χ1v) is 57.1. The van der Waals surface area contributed by atoms with E-state index in [2.05, 4.69) is 442 Å². The third-order valence-electron chi connectivity index (χ3n) is 29.8. The third kappa shape index (κ3) is 14.8. The lowest BCUT2D eigenvalue weighted by Crippen LogP contribution is -2.25. The molecule has 0 saturated carbocycles. The van der Waals surface area contributed by atoms with Gasteiger partial charge in [-0.1, -0.05) is 394 Å². The molecule has 0 fully saturated rings. The maximum Gasteiger partial charge on any atom is 0.171 e. The Hall–Kier alpha value is -17.8. The fourth-order valence-corrected chi connectivity index (χ4v) is 32.4. The Kier molecular flexibility index (Phi) is 21.6. The largest absolute Gasteiger partial charge is 0.309 e. The summed E-state index contributed by atoms with van der Waals surface area (Å²) in [6.45, 7) is 0. The topological polar surface area (TPSA) is 121 Å². The Morgan fingerprint density at radius 3 is 1.19 bits per heavy atom. The van der Waals surface area contributed by atoms with E-state index >= 15 is 0 Å². The van der Waals surface area contributed by atoms with Crippen molar-refractivity contribution < 1.29 is 4.57 Å². The van der Waals surface area contributed by atoms with Gasteiger partial charge in [0, 0.05) is 124 Å². The highest BCUT2D eigenvalue weighted by Gasteiger charge is 2.33. The lowest BCUT2D eigenvalue weighted by Gasteiger charge is -2.24. The van der Waals surface area contributed by atoms with E-state index in [0.717, 1.165) is 159 Å². The van der Waals surface area contributed by atoms with Crippen molar-refractivity contribution >= 4 is 260 Å². The Morgan fingerprint density at radius 2 is 0.597 bits per heavy atom. The molecule has 0 spiro atoms. The van der Waals surface area contributed by atoms with Crippen LogP contribution in [0.4, 0.5) is 0 Å². The molecule has 0 atom stereocenters. The van der Waals surface area contributed by atoms with E-state index < -0.39 is 19.2 Å². The molecule has 0 radical (unpaired) electrons. The maximum atomic E-state index is 14.8. The van der Waals surface area contributed by atoms with Gasteiger partial charge in [0.15, 0.2) is 7.14 Å². The van der Waals surface area contributed by atoms with E-state index in [4.69, 9.17) is 48.5 Å². The first-order chi connectivity index (χ1) is 73.5. The molecule has 0 unspecified atom stereocenters. The number of para-hydroxylation sites is 4. The van der Waals surface area contributed by atoms with Gasteiger partial charge in [0.1, 0.15) is 16.9 Å². The van der Waals surface area contributed by atoms with Crippen molar-refractivity contribution in [1.29, 1.82) is 0 Å². The van der Waals surface area contributed by atoms with Gasteiger partial charge in [-0.15, -0.1) is 0 Å². The molecule has 700 valence electrons. The van der Waals surface area contributed by atoms with Crippen LogP contribution in [0.2, 0.25) is 0 Å². The van der Waals surface area contributed by atoms with Gasteiger partial charge < -0.3 is 4.57 Å². The summed E-state index contributed by atoms with van der Waals surface area (Å²) in [5.41, 5.74) is 22.2. The molecule has 30 aromatic rings. The van der Waals surface area contributed by atoms with E-state index in [1.807, 2.05) is 73.1 Å². The highest BCUT2D eigenvalue weighted by Crippen LogP contribution is 2.49. The number of hydrogen-bond acceptors (Lipinski definition) is 10. The van der Waals surface area contributed by atoms with Gasteiger partial charge in [0.25, 0.3) is 0 Å². The van der Waals surface area contributed by atoms with Crippen LogP contribution in [0.25, 0.3) is 214 Å². The number of fused-ring (bicyclic) bond motifs is 32. The van der Waals surface area contributed by atoms with E-state index in [9.17, 15) is 4.57 Å². The van der Waals surface area contributed by atoms with Crippen LogP contribution in [-0.2, 0) is 28.2 Å². The number of imidazole rings is 3. The van der Waals surface area contributed by atoms with Crippen LogP contribution in [0.5, 0.6) is 0 Å². The summed E-state index contributed by atoms with van der Waals surface area (Å²) in [5, 5.41) is 30.7. The molecule has 0 amide bonds. The predicted molar refractivity (Wildman–Crippen MR) is 635 cm³/mol. The van der Waals surface area contributed by atoms with Crippen molar-refractivity contribution in [2.45, 2.75) is 0 Å². The van der Waals surface area contributed by atoms with Crippen LogP contribution in [-0.4, -0.2) is 48.1 Å². The highest BCUT2D eigenvalue weighted by molar-refractivity contribution is 8.26. The number of rotatable bonds is 13. The average molecular weight is 2000 g/mol. The Labute approximate surface area is 866 Å². The lowest BCUT2D eigenvalue weighted by molar-refractivity contribution is 0.592. The molecule has 10 aromatic heterocycles. The van der Waals surface area contributed by atoms with Gasteiger partial charge >= 0.3 is 0 Å². The standard InChI is InChI=1S/C45H29N4OP.2C44H28N3PS/c50-51(36-21-25-46-26-22-36,37-23-27-47-28-24-37)35-17-13-31(14-18-35)30-9-11-32(12-10-30)34-16-19-39-40-20-15-33-5-1-2-6-38(33)44(40)45-48-41-7-3-4-8-42(41)49(45)43(39)29-34;49-48(33-14-3-1-4-15-33,34-16-5-2-6-17-34)35-21-24-39(45-28-35)32-20-23-40-42(27-32)47-41-26-31-13-8-7-12-30(31)25-38(41)37-22-19-29-11-9-10-18-36(29)43(37)44(47)46-40;49-48(33-11-3-1-4-12-33,34-13-5-2-6-14-34)35-26-32-20-19-30(27-41(32)45-28-35)29-21-23-36-31(25-29)22-24-38-37-15-7-8-16-39(37)44-46-40-17-9-10-18-42(40)47(44)43(36)38/h1-29H;2*1-28H. The SMILES string of the molecule is O=P(c1ccncc1)(c1ccncc1)c1ccc(-c2ccc(-c3ccc4c5ccc6ccccc6c5c5nc6ccccc6n5c4c3)cc2)cc1.S=P(c1ccccc1)(c1ccccc1)c1ccc(-c2ccc3nc4c5c6ccccc6ccc5c5cc6ccccc6cc5n4c3c2)nc1.S=P(c1ccccc1)(c1ccccc1)c1cnc2cc(-c3ccc4c(ccc5c6ccccc6c6nc7ccccc7n6c45)c3)ccc2c1. The second kappa shape index (κ2) is 36.2. The highest BCUT2D eigenvalue weighted by atomic mass is 32.4. The van der Waals surface area contributed by atoms with Crippen LogP contribution >= 0.6 is 19.2 Å². The van der Waals surface area contributed by atoms with Crippen LogP contribution in [0, 0.1) is 0 Å².